The first-order chi connectivity index (χ1) is 11.2. The van der Waals surface area contributed by atoms with Crippen LogP contribution >= 0.6 is 28.3 Å². The molecule has 2 aliphatic rings. The first-order valence-electron chi connectivity index (χ1n) is 8.70. The largest absolute Gasteiger partial charge is 0.326 e. The highest BCUT2D eigenvalue weighted by Gasteiger charge is 2.26. The zero-order chi connectivity index (χ0) is 16.1. The van der Waals surface area contributed by atoms with Gasteiger partial charge >= 0.3 is 0 Å². The lowest BCUT2D eigenvalue weighted by Gasteiger charge is -2.35. The SMILES string of the molecule is Cl.O=C(Nc1cccc(Br)c1)C1CCN(CC2CCNCC2)CC1. The van der Waals surface area contributed by atoms with E-state index < -0.39 is 0 Å². The van der Waals surface area contributed by atoms with Crippen molar-refractivity contribution < 1.29 is 4.79 Å². The Morgan fingerprint density at radius 3 is 2.58 bits per heavy atom. The fraction of sp³-hybridized carbons (Fsp3) is 0.611. The van der Waals surface area contributed by atoms with Crippen LogP contribution in [0.1, 0.15) is 25.7 Å². The highest BCUT2D eigenvalue weighted by Crippen LogP contribution is 2.23. The second-order valence-electron chi connectivity index (χ2n) is 6.77. The van der Waals surface area contributed by atoms with Gasteiger partial charge < -0.3 is 15.5 Å². The van der Waals surface area contributed by atoms with Gasteiger partial charge in [0.25, 0.3) is 0 Å². The Balaban J connectivity index is 0.00000208. The van der Waals surface area contributed by atoms with E-state index >= 15 is 0 Å². The molecule has 134 valence electrons. The van der Waals surface area contributed by atoms with Gasteiger partial charge in [-0.2, -0.15) is 0 Å². The highest BCUT2D eigenvalue weighted by molar-refractivity contribution is 9.10. The van der Waals surface area contributed by atoms with Crippen LogP contribution in [0.3, 0.4) is 0 Å². The maximum atomic E-state index is 12.4. The number of carbonyl (C=O) groups excluding carboxylic acids is 1. The van der Waals surface area contributed by atoms with Gasteiger partial charge in [-0.3, -0.25) is 4.79 Å². The topological polar surface area (TPSA) is 44.4 Å². The third kappa shape index (κ3) is 5.73. The van der Waals surface area contributed by atoms with E-state index in [-0.39, 0.29) is 24.2 Å². The predicted octanol–water partition coefficient (Wildman–Crippen LogP) is 3.52. The van der Waals surface area contributed by atoms with Crippen molar-refractivity contribution in [3.8, 4) is 0 Å². The van der Waals surface area contributed by atoms with E-state index in [1.807, 2.05) is 24.3 Å². The maximum Gasteiger partial charge on any atom is 0.227 e. The van der Waals surface area contributed by atoms with Gasteiger partial charge in [0.1, 0.15) is 0 Å². The first-order valence-corrected chi connectivity index (χ1v) is 9.49. The molecule has 2 aliphatic heterocycles. The van der Waals surface area contributed by atoms with Gasteiger partial charge in [0.15, 0.2) is 0 Å². The van der Waals surface area contributed by atoms with Gasteiger partial charge in [-0.1, -0.05) is 22.0 Å². The predicted molar refractivity (Wildman–Crippen MR) is 105 cm³/mol. The Bertz CT molecular complexity index is 529. The van der Waals surface area contributed by atoms with E-state index in [9.17, 15) is 4.79 Å². The van der Waals surface area contributed by atoms with E-state index in [4.69, 9.17) is 0 Å². The zero-order valence-corrected chi connectivity index (χ0v) is 16.4. The smallest absolute Gasteiger partial charge is 0.227 e. The standard InChI is InChI=1S/C18H26BrN3O.ClH/c19-16-2-1-3-17(12-16)21-18(23)15-6-10-22(11-7-15)13-14-4-8-20-9-5-14;/h1-3,12,14-15,20H,4-11,13H2,(H,21,23);1H. The molecule has 0 atom stereocenters. The molecule has 4 nitrogen and oxygen atoms in total. The number of nitrogens with zero attached hydrogens (tertiary/aromatic N) is 1. The normalized spacial score (nSPS) is 20.4. The summed E-state index contributed by atoms with van der Waals surface area (Å²) in [5.41, 5.74) is 0.876. The molecule has 2 heterocycles. The molecule has 0 bridgehead atoms. The number of anilines is 1. The molecule has 0 spiro atoms. The van der Waals surface area contributed by atoms with Crippen LogP contribution in [-0.2, 0) is 4.79 Å². The molecule has 0 unspecified atom stereocenters. The van der Waals surface area contributed by atoms with Gasteiger partial charge in [-0.15, -0.1) is 12.4 Å². The zero-order valence-electron chi connectivity index (χ0n) is 14.0. The summed E-state index contributed by atoms with van der Waals surface area (Å²) in [4.78, 5) is 15.0. The molecule has 2 N–H and O–H groups in total. The number of piperidine rings is 2. The van der Waals surface area contributed by atoms with Crippen molar-refractivity contribution in [2.24, 2.45) is 11.8 Å². The Morgan fingerprint density at radius 2 is 1.92 bits per heavy atom. The van der Waals surface area contributed by atoms with E-state index in [0.29, 0.717) is 0 Å². The van der Waals surface area contributed by atoms with Crippen LogP contribution in [0.25, 0.3) is 0 Å². The number of hydrogen-bond donors (Lipinski definition) is 2. The molecule has 0 radical (unpaired) electrons. The Labute approximate surface area is 159 Å². The molecule has 0 aliphatic carbocycles. The summed E-state index contributed by atoms with van der Waals surface area (Å²) in [7, 11) is 0. The van der Waals surface area contributed by atoms with Crippen molar-refractivity contribution in [1.29, 1.82) is 0 Å². The van der Waals surface area contributed by atoms with Gasteiger partial charge in [-0.25, -0.2) is 0 Å². The fourth-order valence-electron chi connectivity index (χ4n) is 3.62. The number of rotatable bonds is 4. The Kier molecular flexibility index (Phi) is 8.01. The molecule has 1 aromatic carbocycles. The van der Waals surface area contributed by atoms with Crippen LogP contribution in [0.5, 0.6) is 0 Å². The number of hydrogen-bond acceptors (Lipinski definition) is 3. The van der Waals surface area contributed by atoms with Gasteiger partial charge in [0.2, 0.25) is 5.91 Å². The van der Waals surface area contributed by atoms with E-state index in [1.165, 1.54) is 19.4 Å². The summed E-state index contributed by atoms with van der Waals surface area (Å²) in [6, 6.07) is 7.80. The molecule has 0 saturated carbocycles. The molecule has 1 amide bonds. The summed E-state index contributed by atoms with van der Waals surface area (Å²) in [5, 5.41) is 6.48. The molecule has 3 rings (SSSR count). The molecule has 1 aromatic rings. The highest BCUT2D eigenvalue weighted by atomic mass is 79.9. The second kappa shape index (κ2) is 9.76. The van der Waals surface area contributed by atoms with Crippen LogP contribution in [0, 0.1) is 11.8 Å². The van der Waals surface area contributed by atoms with Crippen molar-refractivity contribution in [3.05, 3.63) is 28.7 Å². The van der Waals surface area contributed by atoms with Gasteiger partial charge in [0, 0.05) is 22.6 Å². The number of likely N-dealkylation sites (tertiary alicyclic amines) is 1. The molecule has 2 saturated heterocycles. The fourth-order valence-corrected chi connectivity index (χ4v) is 4.02. The number of amides is 1. The third-order valence-corrected chi connectivity index (χ3v) is 5.52. The molecule has 6 heteroatoms. The monoisotopic (exact) mass is 415 g/mol. The summed E-state index contributed by atoms with van der Waals surface area (Å²) in [6.45, 7) is 5.65. The molecule has 2 fully saturated rings. The average Bonchev–Trinajstić information content (AvgIpc) is 2.56. The Hall–Kier alpha value is -0.620. The van der Waals surface area contributed by atoms with Crippen molar-refractivity contribution in [3.63, 3.8) is 0 Å². The molecule has 0 aromatic heterocycles. The Morgan fingerprint density at radius 1 is 1.21 bits per heavy atom. The molecular formula is C18H27BrClN3O. The average molecular weight is 417 g/mol. The van der Waals surface area contributed by atoms with E-state index in [2.05, 4.69) is 31.5 Å². The third-order valence-electron chi connectivity index (χ3n) is 5.03. The maximum absolute atomic E-state index is 12.4. The van der Waals surface area contributed by atoms with Crippen molar-refractivity contribution in [2.75, 3.05) is 38.0 Å². The lowest BCUT2D eigenvalue weighted by atomic mass is 9.93. The lowest BCUT2D eigenvalue weighted by Crippen LogP contribution is -2.42. The van der Waals surface area contributed by atoms with Gasteiger partial charge in [-0.05, 0) is 76.0 Å². The van der Waals surface area contributed by atoms with Crippen LogP contribution in [0.4, 0.5) is 5.69 Å². The number of nitrogens with one attached hydrogen (secondary N) is 2. The minimum atomic E-state index is 0. The summed E-state index contributed by atoms with van der Waals surface area (Å²) < 4.78 is 0.993. The van der Waals surface area contributed by atoms with Crippen molar-refractivity contribution in [1.82, 2.24) is 10.2 Å². The van der Waals surface area contributed by atoms with Crippen molar-refractivity contribution >= 4 is 39.9 Å². The van der Waals surface area contributed by atoms with E-state index in [1.54, 1.807) is 0 Å². The second-order valence-corrected chi connectivity index (χ2v) is 7.68. The summed E-state index contributed by atoms with van der Waals surface area (Å²) in [6.07, 6.45) is 4.54. The number of benzene rings is 1. The summed E-state index contributed by atoms with van der Waals surface area (Å²) in [5.74, 6) is 1.16. The quantitative estimate of drug-likeness (QED) is 0.789. The number of halogens is 2. The minimum absolute atomic E-state index is 0. The van der Waals surface area contributed by atoms with Crippen molar-refractivity contribution in [2.45, 2.75) is 25.7 Å². The number of carbonyl (C=O) groups is 1. The van der Waals surface area contributed by atoms with Crippen LogP contribution in [0.2, 0.25) is 0 Å². The lowest BCUT2D eigenvalue weighted by molar-refractivity contribution is -0.121. The summed E-state index contributed by atoms with van der Waals surface area (Å²) >= 11 is 3.44. The molecular weight excluding hydrogens is 390 g/mol. The first kappa shape index (κ1) is 19.7. The van der Waals surface area contributed by atoms with Crippen LogP contribution in [-0.4, -0.2) is 43.5 Å². The van der Waals surface area contributed by atoms with Crippen LogP contribution in [0.15, 0.2) is 28.7 Å². The van der Waals surface area contributed by atoms with Crippen LogP contribution < -0.4 is 10.6 Å². The van der Waals surface area contributed by atoms with Gasteiger partial charge in [0.05, 0.1) is 0 Å². The molecule has 24 heavy (non-hydrogen) atoms. The van der Waals surface area contributed by atoms with E-state index in [0.717, 1.165) is 55.1 Å². The minimum Gasteiger partial charge on any atom is -0.326 e.